The third-order valence-electron chi connectivity index (χ3n) is 1.86. The lowest BCUT2D eigenvalue weighted by Gasteiger charge is -2.23. The van der Waals surface area contributed by atoms with Crippen LogP contribution >= 0.6 is 0 Å². The Morgan fingerprint density at radius 3 is 2.73 bits per heavy atom. The van der Waals surface area contributed by atoms with Crippen molar-refractivity contribution in [2.24, 2.45) is 4.99 Å². The van der Waals surface area contributed by atoms with E-state index in [0.29, 0.717) is 17.8 Å². The molecule has 0 fully saturated rings. The van der Waals surface area contributed by atoms with Crippen LogP contribution in [0.2, 0.25) is 0 Å². The number of nitrogens with zero attached hydrogens (tertiary/aromatic N) is 2. The molecule has 82 valence electrons. The molecule has 0 bridgehead atoms. The highest BCUT2D eigenvalue weighted by Crippen LogP contribution is 2.22. The van der Waals surface area contributed by atoms with E-state index in [4.69, 9.17) is 5.41 Å². The van der Waals surface area contributed by atoms with Gasteiger partial charge >= 0.3 is 0 Å². The van der Waals surface area contributed by atoms with Crippen LogP contribution < -0.4 is 0 Å². The van der Waals surface area contributed by atoms with Crippen molar-refractivity contribution < 1.29 is 8.42 Å². The summed E-state index contributed by atoms with van der Waals surface area (Å²) in [4.78, 5) is 3.98. The van der Waals surface area contributed by atoms with Crippen LogP contribution in [0.1, 0.15) is 13.3 Å². The second-order valence-electron chi connectivity index (χ2n) is 3.03. The maximum Gasteiger partial charge on any atom is 0.237 e. The van der Waals surface area contributed by atoms with Gasteiger partial charge in [-0.25, -0.2) is 17.7 Å². The van der Waals surface area contributed by atoms with Crippen LogP contribution in [0.3, 0.4) is 0 Å². The predicted octanol–water partition coefficient (Wildman–Crippen LogP) is 1.12. The minimum absolute atomic E-state index is 0.303. The molecule has 1 aliphatic heterocycles. The SMILES string of the molecule is C/C=N\C1=C(C=N)CC=CN1S(C)(=O)=O. The van der Waals surface area contributed by atoms with E-state index in [0.717, 1.165) is 16.8 Å². The van der Waals surface area contributed by atoms with Crippen molar-refractivity contribution in [3.8, 4) is 0 Å². The molecule has 0 aromatic rings. The van der Waals surface area contributed by atoms with E-state index in [1.165, 1.54) is 12.4 Å². The Balaban J connectivity index is 3.28. The molecule has 0 unspecified atom stereocenters. The highest BCUT2D eigenvalue weighted by Gasteiger charge is 2.21. The van der Waals surface area contributed by atoms with E-state index >= 15 is 0 Å². The van der Waals surface area contributed by atoms with Crippen LogP contribution in [0.25, 0.3) is 0 Å². The molecular formula is C9H13N3O2S. The van der Waals surface area contributed by atoms with Gasteiger partial charge in [0.2, 0.25) is 10.0 Å². The number of allylic oxidation sites excluding steroid dienone is 2. The van der Waals surface area contributed by atoms with E-state index in [9.17, 15) is 8.42 Å². The fraction of sp³-hybridized carbons (Fsp3) is 0.333. The third-order valence-corrected chi connectivity index (χ3v) is 2.87. The lowest BCUT2D eigenvalue weighted by molar-refractivity contribution is 0.541. The molecule has 1 aliphatic rings. The Labute approximate surface area is 89.4 Å². The highest BCUT2D eigenvalue weighted by molar-refractivity contribution is 7.88. The van der Waals surface area contributed by atoms with Crippen molar-refractivity contribution in [3.05, 3.63) is 23.7 Å². The molecule has 1 heterocycles. The van der Waals surface area contributed by atoms with Crippen molar-refractivity contribution in [3.63, 3.8) is 0 Å². The number of nitrogens with one attached hydrogen (secondary N) is 1. The van der Waals surface area contributed by atoms with Crippen LogP contribution in [-0.4, -0.2) is 31.4 Å². The van der Waals surface area contributed by atoms with Crippen molar-refractivity contribution in [2.75, 3.05) is 6.26 Å². The summed E-state index contributed by atoms with van der Waals surface area (Å²) in [7, 11) is -3.37. The van der Waals surface area contributed by atoms with E-state index < -0.39 is 10.0 Å². The molecule has 0 atom stereocenters. The molecule has 5 nitrogen and oxygen atoms in total. The molecule has 0 aromatic heterocycles. The summed E-state index contributed by atoms with van der Waals surface area (Å²) < 4.78 is 23.9. The number of hydrogen-bond acceptors (Lipinski definition) is 4. The fourth-order valence-corrected chi connectivity index (χ4v) is 2.02. The second-order valence-corrected chi connectivity index (χ2v) is 4.89. The van der Waals surface area contributed by atoms with Crippen LogP contribution in [0, 0.1) is 5.41 Å². The van der Waals surface area contributed by atoms with E-state index in [2.05, 4.69) is 4.99 Å². The van der Waals surface area contributed by atoms with Gasteiger partial charge < -0.3 is 5.41 Å². The first-order chi connectivity index (χ1) is 7.00. The quantitative estimate of drug-likeness (QED) is 0.734. The Morgan fingerprint density at radius 1 is 1.60 bits per heavy atom. The molecule has 0 spiro atoms. The highest BCUT2D eigenvalue weighted by atomic mass is 32.2. The van der Waals surface area contributed by atoms with Crippen LogP contribution in [0.5, 0.6) is 0 Å². The lowest BCUT2D eigenvalue weighted by Crippen LogP contribution is -2.26. The summed E-state index contributed by atoms with van der Waals surface area (Å²) in [6.07, 6.45) is 7.43. The molecule has 1 N–H and O–H groups in total. The van der Waals surface area contributed by atoms with Gasteiger partial charge in [-0.2, -0.15) is 0 Å². The predicted molar refractivity (Wildman–Crippen MR) is 60.4 cm³/mol. The van der Waals surface area contributed by atoms with Gasteiger partial charge in [0.1, 0.15) is 0 Å². The van der Waals surface area contributed by atoms with Crippen LogP contribution in [0.15, 0.2) is 28.7 Å². The number of hydrogen-bond donors (Lipinski definition) is 1. The number of rotatable bonds is 3. The topological polar surface area (TPSA) is 73.6 Å². The molecule has 0 aromatic carbocycles. The van der Waals surface area contributed by atoms with Crippen LogP contribution in [-0.2, 0) is 10.0 Å². The average Bonchev–Trinajstić information content (AvgIpc) is 2.17. The van der Waals surface area contributed by atoms with Crippen molar-refractivity contribution in [1.29, 1.82) is 5.41 Å². The molecule has 0 radical (unpaired) electrons. The second kappa shape index (κ2) is 4.39. The minimum Gasteiger partial charge on any atom is -0.308 e. The molecule has 15 heavy (non-hydrogen) atoms. The monoisotopic (exact) mass is 227 g/mol. The average molecular weight is 227 g/mol. The summed E-state index contributed by atoms with van der Waals surface area (Å²) in [5.41, 5.74) is 0.584. The molecule has 0 saturated heterocycles. The zero-order chi connectivity index (χ0) is 11.5. The molecule has 6 heteroatoms. The minimum atomic E-state index is -3.37. The van der Waals surface area contributed by atoms with E-state index in [1.54, 1.807) is 13.0 Å². The molecule has 1 rings (SSSR count). The van der Waals surface area contributed by atoms with Gasteiger partial charge in [0.15, 0.2) is 5.82 Å². The summed E-state index contributed by atoms with van der Waals surface area (Å²) >= 11 is 0. The van der Waals surface area contributed by atoms with Crippen molar-refractivity contribution in [1.82, 2.24) is 4.31 Å². The largest absolute Gasteiger partial charge is 0.308 e. The van der Waals surface area contributed by atoms with Gasteiger partial charge in [0, 0.05) is 24.2 Å². The molecule has 0 saturated carbocycles. The maximum absolute atomic E-state index is 11.4. The van der Waals surface area contributed by atoms with Gasteiger partial charge in [-0.05, 0) is 13.3 Å². The van der Waals surface area contributed by atoms with Gasteiger partial charge in [-0.15, -0.1) is 0 Å². The molecular weight excluding hydrogens is 214 g/mol. The lowest BCUT2D eigenvalue weighted by atomic mass is 10.1. The standard InChI is InChI=1S/C9H13N3O2S/c1-3-11-9-8(7-10)5-4-6-12(9)15(2,13)14/h3-4,6-7,10H,5H2,1-2H3/b10-7?,11-3-. The van der Waals surface area contributed by atoms with E-state index in [-0.39, 0.29) is 0 Å². The fourth-order valence-electron chi connectivity index (χ4n) is 1.23. The Hall–Kier alpha value is -1.43. The third kappa shape index (κ3) is 2.53. The normalized spacial score (nSPS) is 17.6. The number of aliphatic imine (C=N–C) groups is 1. The first-order valence-electron chi connectivity index (χ1n) is 4.39. The van der Waals surface area contributed by atoms with Crippen LogP contribution in [0.4, 0.5) is 0 Å². The molecule has 0 amide bonds. The van der Waals surface area contributed by atoms with Gasteiger partial charge in [-0.1, -0.05) is 6.08 Å². The zero-order valence-corrected chi connectivity index (χ0v) is 9.45. The summed E-state index contributed by atoms with van der Waals surface area (Å²) in [5, 5.41) is 7.19. The van der Waals surface area contributed by atoms with E-state index in [1.807, 2.05) is 0 Å². The van der Waals surface area contributed by atoms with Crippen molar-refractivity contribution in [2.45, 2.75) is 13.3 Å². The zero-order valence-electron chi connectivity index (χ0n) is 8.64. The number of sulfonamides is 1. The first kappa shape index (κ1) is 11.6. The Bertz CT molecular complexity index is 446. The first-order valence-corrected chi connectivity index (χ1v) is 6.24. The maximum atomic E-state index is 11.4. The Morgan fingerprint density at radius 2 is 2.27 bits per heavy atom. The van der Waals surface area contributed by atoms with Gasteiger partial charge in [0.25, 0.3) is 0 Å². The molecule has 0 aliphatic carbocycles. The van der Waals surface area contributed by atoms with Gasteiger partial charge in [-0.3, -0.25) is 0 Å². The summed E-state index contributed by atoms with van der Waals surface area (Å²) in [6, 6.07) is 0. The smallest absolute Gasteiger partial charge is 0.237 e. The summed E-state index contributed by atoms with van der Waals surface area (Å²) in [5.74, 6) is 0.303. The van der Waals surface area contributed by atoms with Crippen molar-refractivity contribution >= 4 is 22.5 Å². The summed E-state index contributed by atoms with van der Waals surface area (Å²) in [6.45, 7) is 1.70. The Kier molecular flexibility index (Phi) is 3.41. The van der Waals surface area contributed by atoms with Gasteiger partial charge in [0.05, 0.1) is 6.26 Å².